The molecule has 2 atom stereocenters. The van der Waals surface area contributed by atoms with Gasteiger partial charge in [-0.15, -0.1) is 0 Å². The van der Waals surface area contributed by atoms with Crippen LogP contribution in [-0.2, 0) is 9.47 Å². The largest absolute Gasteiger partial charge is 0.495 e. The highest BCUT2D eigenvalue weighted by molar-refractivity contribution is 5.58. The highest BCUT2D eigenvalue weighted by Crippen LogP contribution is 2.28. The van der Waals surface area contributed by atoms with E-state index < -0.39 is 6.10 Å². The predicted molar refractivity (Wildman–Crippen MR) is 97.4 cm³/mol. The van der Waals surface area contributed by atoms with Gasteiger partial charge in [0.05, 0.1) is 38.2 Å². The highest BCUT2D eigenvalue weighted by Gasteiger charge is 2.22. The number of para-hydroxylation sites is 2. The van der Waals surface area contributed by atoms with Crippen molar-refractivity contribution in [2.24, 2.45) is 0 Å². The van der Waals surface area contributed by atoms with Crippen molar-refractivity contribution in [3.8, 4) is 5.75 Å². The lowest BCUT2D eigenvalue weighted by molar-refractivity contribution is -0.0254. The molecule has 140 valence electrons. The standard InChI is InChI=1S/C19H30N2O4/c1-23-19-7-3-2-6-18(19)21-10-8-20(9-11-21)13-16(22)14-24-15-17-5-4-12-25-17/h2-3,6-7,16-17,22H,4-5,8-15H2,1H3/t16-,17-/m1/s1. The Kier molecular flexibility index (Phi) is 6.93. The van der Waals surface area contributed by atoms with E-state index in [2.05, 4.69) is 15.9 Å². The van der Waals surface area contributed by atoms with Crippen molar-refractivity contribution in [3.63, 3.8) is 0 Å². The molecule has 0 aliphatic carbocycles. The lowest BCUT2D eigenvalue weighted by atomic mass is 10.2. The summed E-state index contributed by atoms with van der Waals surface area (Å²) < 4.78 is 16.6. The van der Waals surface area contributed by atoms with Crippen molar-refractivity contribution in [2.45, 2.75) is 25.0 Å². The molecule has 6 nitrogen and oxygen atoms in total. The predicted octanol–water partition coefficient (Wildman–Crippen LogP) is 1.37. The summed E-state index contributed by atoms with van der Waals surface area (Å²) in [4.78, 5) is 4.64. The van der Waals surface area contributed by atoms with Gasteiger partial charge in [-0.05, 0) is 25.0 Å². The van der Waals surface area contributed by atoms with Crippen LogP contribution >= 0.6 is 0 Å². The zero-order chi connectivity index (χ0) is 17.5. The summed E-state index contributed by atoms with van der Waals surface area (Å²) in [7, 11) is 1.71. The second kappa shape index (κ2) is 9.38. The monoisotopic (exact) mass is 350 g/mol. The Morgan fingerprint density at radius 2 is 2.04 bits per heavy atom. The van der Waals surface area contributed by atoms with Crippen LogP contribution in [0.1, 0.15) is 12.8 Å². The minimum absolute atomic E-state index is 0.219. The molecule has 0 spiro atoms. The Morgan fingerprint density at radius 1 is 1.24 bits per heavy atom. The van der Waals surface area contributed by atoms with E-state index in [9.17, 15) is 5.11 Å². The summed E-state index contributed by atoms with van der Waals surface area (Å²) in [5.41, 5.74) is 1.14. The molecule has 2 aliphatic heterocycles. The molecule has 0 bridgehead atoms. The first-order valence-corrected chi connectivity index (χ1v) is 9.24. The van der Waals surface area contributed by atoms with Crippen LogP contribution in [0.25, 0.3) is 0 Å². The molecule has 0 saturated carbocycles. The van der Waals surface area contributed by atoms with Gasteiger partial charge in [0.25, 0.3) is 0 Å². The summed E-state index contributed by atoms with van der Waals surface area (Å²) in [6, 6.07) is 8.13. The number of piperazine rings is 1. The fourth-order valence-corrected chi connectivity index (χ4v) is 3.52. The summed E-state index contributed by atoms with van der Waals surface area (Å²) in [6.07, 6.45) is 1.96. The van der Waals surface area contributed by atoms with Crippen LogP contribution < -0.4 is 9.64 Å². The van der Waals surface area contributed by atoms with Gasteiger partial charge in [0, 0.05) is 39.3 Å². The van der Waals surface area contributed by atoms with Crippen molar-refractivity contribution in [1.82, 2.24) is 4.90 Å². The van der Waals surface area contributed by atoms with Gasteiger partial charge in [-0.1, -0.05) is 12.1 Å². The van der Waals surface area contributed by atoms with Crippen LogP contribution in [0.15, 0.2) is 24.3 Å². The minimum atomic E-state index is -0.445. The average molecular weight is 350 g/mol. The molecule has 2 aliphatic rings. The maximum Gasteiger partial charge on any atom is 0.142 e. The molecule has 6 heteroatoms. The van der Waals surface area contributed by atoms with Crippen molar-refractivity contribution in [1.29, 1.82) is 0 Å². The summed E-state index contributed by atoms with van der Waals surface area (Å²) in [5.74, 6) is 0.915. The Hall–Kier alpha value is -1.34. The number of anilines is 1. The molecule has 25 heavy (non-hydrogen) atoms. The van der Waals surface area contributed by atoms with Crippen molar-refractivity contribution in [3.05, 3.63) is 24.3 Å². The zero-order valence-corrected chi connectivity index (χ0v) is 15.1. The molecule has 1 aromatic rings. The van der Waals surface area contributed by atoms with E-state index >= 15 is 0 Å². The molecular weight excluding hydrogens is 320 g/mol. The van der Waals surface area contributed by atoms with Crippen LogP contribution in [0.4, 0.5) is 5.69 Å². The lowest BCUT2D eigenvalue weighted by Crippen LogP contribution is -2.49. The lowest BCUT2D eigenvalue weighted by Gasteiger charge is -2.37. The molecule has 1 N–H and O–H groups in total. The number of methoxy groups -OCH3 is 1. The van der Waals surface area contributed by atoms with Crippen molar-refractivity contribution < 1.29 is 19.3 Å². The first-order valence-electron chi connectivity index (χ1n) is 9.24. The van der Waals surface area contributed by atoms with E-state index in [1.807, 2.05) is 18.2 Å². The van der Waals surface area contributed by atoms with Gasteiger partial charge in [-0.3, -0.25) is 4.90 Å². The van der Waals surface area contributed by atoms with Gasteiger partial charge >= 0.3 is 0 Å². The molecule has 0 radical (unpaired) electrons. The third-order valence-electron chi connectivity index (χ3n) is 4.91. The van der Waals surface area contributed by atoms with Crippen LogP contribution in [0.5, 0.6) is 5.75 Å². The number of β-amino-alcohol motifs (C(OH)–C–C–N with tert-alkyl or cyclic N) is 1. The molecular formula is C19H30N2O4. The Balaban J connectivity index is 1.37. The van der Waals surface area contributed by atoms with Gasteiger partial charge in [0.15, 0.2) is 0 Å². The molecule has 0 amide bonds. The van der Waals surface area contributed by atoms with Crippen LogP contribution in [-0.4, -0.2) is 81.9 Å². The minimum Gasteiger partial charge on any atom is -0.495 e. The van der Waals surface area contributed by atoms with E-state index in [4.69, 9.17) is 14.2 Å². The molecule has 0 unspecified atom stereocenters. The topological polar surface area (TPSA) is 54.4 Å². The molecule has 1 aromatic carbocycles. The fraction of sp³-hybridized carbons (Fsp3) is 0.684. The van der Waals surface area contributed by atoms with Crippen LogP contribution in [0.3, 0.4) is 0 Å². The van der Waals surface area contributed by atoms with E-state index in [-0.39, 0.29) is 6.10 Å². The normalized spacial score (nSPS) is 23.0. The first kappa shape index (κ1) is 18.5. The van der Waals surface area contributed by atoms with Gasteiger partial charge in [0.2, 0.25) is 0 Å². The molecule has 2 fully saturated rings. The first-order chi connectivity index (χ1) is 12.3. The SMILES string of the molecule is COc1ccccc1N1CCN(C[C@@H](O)COC[C@H]2CCCO2)CC1. The van der Waals surface area contributed by atoms with E-state index in [1.165, 1.54) is 0 Å². The number of benzene rings is 1. The maximum atomic E-state index is 10.2. The fourth-order valence-electron chi connectivity index (χ4n) is 3.52. The maximum absolute atomic E-state index is 10.2. The summed E-state index contributed by atoms with van der Waals surface area (Å²) in [5, 5.41) is 10.2. The van der Waals surface area contributed by atoms with Crippen LogP contribution in [0.2, 0.25) is 0 Å². The van der Waals surface area contributed by atoms with Gasteiger partial charge in [0.1, 0.15) is 5.75 Å². The van der Waals surface area contributed by atoms with E-state index in [0.29, 0.717) is 19.8 Å². The third kappa shape index (κ3) is 5.31. The second-order valence-corrected chi connectivity index (χ2v) is 6.79. The molecule has 3 rings (SSSR count). The number of rotatable bonds is 8. The number of ether oxygens (including phenoxy) is 3. The Bertz CT molecular complexity index is 514. The number of aliphatic hydroxyl groups excluding tert-OH is 1. The quantitative estimate of drug-likeness (QED) is 0.764. The van der Waals surface area contributed by atoms with Gasteiger partial charge in [-0.2, -0.15) is 0 Å². The van der Waals surface area contributed by atoms with E-state index in [1.54, 1.807) is 7.11 Å². The highest BCUT2D eigenvalue weighted by atomic mass is 16.5. The van der Waals surface area contributed by atoms with Gasteiger partial charge < -0.3 is 24.2 Å². The van der Waals surface area contributed by atoms with Gasteiger partial charge in [-0.25, -0.2) is 0 Å². The average Bonchev–Trinajstić information content (AvgIpc) is 3.16. The smallest absolute Gasteiger partial charge is 0.142 e. The molecule has 2 heterocycles. The number of hydrogen-bond acceptors (Lipinski definition) is 6. The second-order valence-electron chi connectivity index (χ2n) is 6.79. The summed E-state index contributed by atoms with van der Waals surface area (Å²) in [6.45, 7) is 6.21. The molecule has 2 saturated heterocycles. The van der Waals surface area contributed by atoms with Crippen molar-refractivity contribution >= 4 is 5.69 Å². The summed E-state index contributed by atoms with van der Waals surface area (Å²) >= 11 is 0. The zero-order valence-electron chi connectivity index (χ0n) is 15.1. The van der Waals surface area contributed by atoms with E-state index in [0.717, 1.165) is 57.1 Å². The third-order valence-corrected chi connectivity index (χ3v) is 4.91. The van der Waals surface area contributed by atoms with Crippen molar-refractivity contribution in [2.75, 3.05) is 64.6 Å². The Labute approximate surface area is 150 Å². The Morgan fingerprint density at radius 3 is 2.76 bits per heavy atom. The number of hydrogen-bond donors (Lipinski definition) is 1. The number of aliphatic hydroxyl groups is 1. The number of nitrogens with zero attached hydrogens (tertiary/aromatic N) is 2. The van der Waals surface area contributed by atoms with Crippen LogP contribution in [0, 0.1) is 0 Å². The molecule has 0 aromatic heterocycles.